The lowest BCUT2D eigenvalue weighted by atomic mass is 10.1. The Hall–Kier alpha value is -2.90. The van der Waals surface area contributed by atoms with Crippen molar-refractivity contribution < 1.29 is 18.7 Å². The van der Waals surface area contributed by atoms with Gasteiger partial charge < -0.3 is 14.5 Å². The third kappa shape index (κ3) is 3.94. The predicted octanol–water partition coefficient (Wildman–Crippen LogP) is 2.49. The fourth-order valence-corrected chi connectivity index (χ4v) is 3.17. The van der Waals surface area contributed by atoms with E-state index in [1.807, 2.05) is 6.92 Å². The zero-order valence-electron chi connectivity index (χ0n) is 15.5. The third-order valence-electron chi connectivity index (χ3n) is 4.60. The number of hydrogen-bond acceptors (Lipinski definition) is 4. The van der Waals surface area contributed by atoms with Crippen LogP contribution < -0.4 is 0 Å². The first-order valence-corrected chi connectivity index (χ1v) is 9.09. The second-order valence-corrected chi connectivity index (χ2v) is 6.22. The molecule has 2 heterocycles. The number of hydrogen-bond donors (Lipinski definition) is 0. The Balaban J connectivity index is 1.74. The van der Waals surface area contributed by atoms with E-state index >= 15 is 0 Å². The molecule has 1 saturated heterocycles. The number of piperazine rings is 1. The highest BCUT2D eigenvalue weighted by atomic mass is 19.1. The van der Waals surface area contributed by atoms with Crippen LogP contribution in [0.4, 0.5) is 9.18 Å². The predicted molar refractivity (Wildman–Crippen MR) is 97.4 cm³/mol. The molecular weight excluding hydrogens is 351 g/mol. The van der Waals surface area contributed by atoms with Gasteiger partial charge in [0.1, 0.15) is 5.82 Å². The second-order valence-electron chi connectivity index (χ2n) is 6.22. The number of nitrogens with zero attached hydrogens (tertiary/aromatic N) is 4. The van der Waals surface area contributed by atoms with Gasteiger partial charge in [-0.3, -0.25) is 4.79 Å². The summed E-state index contributed by atoms with van der Waals surface area (Å²) >= 11 is 0. The Morgan fingerprint density at radius 2 is 1.70 bits per heavy atom. The van der Waals surface area contributed by atoms with Gasteiger partial charge in [-0.2, -0.15) is 5.10 Å². The molecule has 0 saturated carbocycles. The largest absolute Gasteiger partial charge is 0.450 e. The zero-order chi connectivity index (χ0) is 19.4. The van der Waals surface area contributed by atoms with Crippen LogP contribution in [0.25, 0.3) is 5.69 Å². The number of carbonyl (C=O) groups excluding carboxylic acids is 2. The first-order valence-electron chi connectivity index (χ1n) is 9.09. The van der Waals surface area contributed by atoms with Crippen molar-refractivity contribution in [2.45, 2.75) is 20.3 Å². The van der Waals surface area contributed by atoms with Gasteiger partial charge in [0.25, 0.3) is 5.91 Å². The standard InChI is InChI=1S/C19H23FN4O3/c1-3-17-16(13-21-24(17)15-7-5-14(20)6-8-15)18(25)22-9-11-23(12-10-22)19(26)27-4-2/h5-8,13H,3-4,9-12H2,1-2H3. The number of rotatable bonds is 4. The summed E-state index contributed by atoms with van der Waals surface area (Å²) in [5.41, 5.74) is 2.02. The van der Waals surface area contributed by atoms with Crippen LogP contribution in [0, 0.1) is 5.82 Å². The number of amides is 2. The summed E-state index contributed by atoms with van der Waals surface area (Å²) in [4.78, 5) is 28.1. The van der Waals surface area contributed by atoms with Crippen molar-refractivity contribution in [1.82, 2.24) is 19.6 Å². The molecule has 3 rings (SSSR count). The van der Waals surface area contributed by atoms with Crippen LogP contribution in [0.15, 0.2) is 30.5 Å². The maximum Gasteiger partial charge on any atom is 0.409 e. The average molecular weight is 374 g/mol. The van der Waals surface area contributed by atoms with Crippen molar-refractivity contribution in [1.29, 1.82) is 0 Å². The molecule has 0 unspecified atom stereocenters. The molecule has 1 fully saturated rings. The van der Waals surface area contributed by atoms with Crippen LogP contribution in [0.1, 0.15) is 29.9 Å². The molecule has 2 amide bonds. The molecule has 1 aliphatic rings. The summed E-state index contributed by atoms with van der Waals surface area (Å²) < 4.78 is 19.8. The van der Waals surface area contributed by atoms with E-state index in [0.29, 0.717) is 50.5 Å². The molecule has 0 aliphatic carbocycles. The van der Waals surface area contributed by atoms with E-state index in [1.54, 1.807) is 39.7 Å². The molecule has 8 heteroatoms. The van der Waals surface area contributed by atoms with Crippen molar-refractivity contribution >= 4 is 12.0 Å². The minimum absolute atomic E-state index is 0.108. The van der Waals surface area contributed by atoms with Gasteiger partial charge in [0, 0.05) is 26.2 Å². The van der Waals surface area contributed by atoms with Gasteiger partial charge in [0.05, 0.1) is 29.7 Å². The lowest BCUT2D eigenvalue weighted by molar-refractivity contribution is 0.0569. The Morgan fingerprint density at radius 1 is 1.07 bits per heavy atom. The Morgan fingerprint density at radius 3 is 2.30 bits per heavy atom. The molecule has 0 atom stereocenters. The molecule has 1 aliphatic heterocycles. The molecule has 0 bridgehead atoms. The molecule has 0 spiro atoms. The van der Waals surface area contributed by atoms with E-state index in [0.717, 1.165) is 5.69 Å². The van der Waals surface area contributed by atoms with Crippen molar-refractivity contribution in [2.75, 3.05) is 32.8 Å². The smallest absolute Gasteiger partial charge is 0.409 e. The first-order chi connectivity index (χ1) is 13.0. The first kappa shape index (κ1) is 18.9. The molecule has 0 radical (unpaired) electrons. The van der Waals surface area contributed by atoms with Gasteiger partial charge in [-0.25, -0.2) is 13.9 Å². The summed E-state index contributed by atoms with van der Waals surface area (Å²) in [5.74, 6) is -0.427. The lowest BCUT2D eigenvalue weighted by Crippen LogP contribution is -2.50. The molecule has 1 aromatic carbocycles. The van der Waals surface area contributed by atoms with Crippen LogP contribution in [-0.4, -0.2) is 64.4 Å². The highest BCUT2D eigenvalue weighted by Gasteiger charge is 2.28. The summed E-state index contributed by atoms with van der Waals surface area (Å²) in [6.45, 7) is 5.83. The van der Waals surface area contributed by atoms with Crippen LogP contribution >= 0.6 is 0 Å². The van der Waals surface area contributed by atoms with Crippen LogP contribution in [0.5, 0.6) is 0 Å². The summed E-state index contributed by atoms with van der Waals surface area (Å²) in [5, 5.41) is 4.33. The maximum atomic E-state index is 13.2. The van der Waals surface area contributed by atoms with E-state index in [-0.39, 0.29) is 17.8 Å². The number of benzene rings is 1. The fourth-order valence-electron chi connectivity index (χ4n) is 3.17. The van der Waals surface area contributed by atoms with E-state index in [4.69, 9.17) is 4.74 Å². The SMILES string of the molecule is CCOC(=O)N1CCN(C(=O)c2cnn(-c3ccc(F)cc3)c2CC)CC1. The summed E-state index contributed by atoms with van der Waals surface area (Å²) in [6, 6.07) is 6.00. The van der Waals surface area contributed by atoms with Gasteiger partial charge in [0.2, 0.25) is 0 Å². The molecule has 1 aromatic heterocycles. The summed E-state index contributed by atoms with van der Waals surface area (Å²) in [7, 11) is 0. The van der Waals surface area contributed by atoms with E-state index < -0.39 is 0 Å². The second kappa shape index (κ2) is 8.20. The quantitative estimate of drug-likeness (QED) is 0.825. The Labute approximate surface area is 157 Å². The highest BCUT2D eigenvalue weighted by Crippen LogP contribution is 2.19. The van der Waals surface area contributed by atoms with E-state index in [1.165, 1.54) is 12.1 Å². The summed E-state index contributed by atoms with van der Waals surface area (Å²) in [6.07, 6.45) is 1.83. The molecule has 7 nitrogen and oxygen atoms in total. The van der Waals surface area contributed by atoms with Crippen LogP contribution in [0.2, 0.25) is 0 Å². The van der Waals surface area contributed by atoms with Gasteiger partial charge in [-0.15, -0.1) is 0 Å². The molecule has 2 aromatic rings. The molecule has 144 valence electrons. The Bertz CT molecular complexity index is 811. The van der Waals surface area contributed by atoms with Crippen molar-refractivity contribution in [3.8, 4) is 5.69 Å². The van der Waals surface area contributed by atoms with Gasteiger partial charge in [0.15, 0.2) is 0 Å². The minimum atomic E-state index is -0.344. The minimum Gasteiger partial charge on any atom is -0.450 e. The zero-order valence-corrected chi connectivity index (χ0v) is 15.5. The molecular formula is C19H23FN4O3. The topological polar surface area (TPSA) is 67.7 Å². The number of carbonyl (C=O) groups is 2. The molecule has 27 heavy (non-hydrogen) atoms. The normalized spacial score (nSPS) is 14.3. The average Bonchev–Trinajstić information content (AvgIpc) is 3.12. The van der Waals surface area contributed by atoms with Gasteiger partial charge in [-0.1, -0.05) is 6.92 Å². The lowest BCUT2D eigenvalue weighted by Gasteiger charge is -2.34. The van der Waals surface area contributed by atoms with Crippen molar-refractivity contribution in [2.24, 2.45) is 0 Å². The number of halogens is 1. The maximum absolute atomic E-state index is 13.2. The fraction of sp³-hybridized carbons (Fsp3) is 0.421. The van der Waals surface area contributed by atoms with Gasteiger partial charge >= 0.3 is 6.09 Å². The third-order valence-corrected chi connectivity index (χ3v) is 4.60. The monoisotopic (exact) mass is 374 g/mol. The van der Waals surface area contributed by atoms with Crippen LogP contribution in [0.3, 0.4) is 0 Å². The Kier molecular flexibility index (Phi) is 5.73. The number of aromatic nitrogens is 2. The van der Waals surface area contributed by atoms with Crippen LogP contribution in [-0.2, 0) is 11.2 Å². The number of ether oxygens (including phenoxy) is 1. The van der Waals surface area contributed by atoms with Crippen molar-refractivity contribution in [3.05, 3.63) is 47.5 Å². The highest BCUT2D eigenvalue weighted by molar-refractivity contribution is 5.95. The molecule has 0 N–H and O–H groups in total. The van der Waals surface area contributed by atoms with Gasteiger partial charge in [-0.05, 0) is 37.6 Å². The van der Waals surface area contributed by atoms with E-state index in [9.17, 15) is 14.0 Å². The van der Waals surface area contributed by atoms with Crippen molar-refractivity contribution in [3.63, 3.8) is 0 Å². The van der Waals surface area contributed by atoms with E-state index in [2.05, 4.69) is 5.10 Å².